The van der Waals surface area contributed by atoms with Gasteiger partial charge in [-0.05, 0) is 55.2 Å². The maximum absolute atomic E-state index is 14.2. The van der Waals surface area contributed by atoms with Crippen molar-refractivity contribution in [1.29, 1.82) is 0 Å². The van der Waals surface area contributed by atoms with Gasteiger partial charge in [-0.2, -0.15) is 0 Å². The van der Waals surface area contributed by atoms with Gasteiger partial charge in [0.05, 0.1) is 29.6 Å². The molecule has 4 atom stereocenters. The lowest BCUT2D eigenvalue weighted by Gasteiger charge is -2.51. The second-order valence-electron chi connectivity index (χ2n) is 9.50. The van der Waals surface area contributed by atoms with Gasteiger partial charge in [-0.25, -0.2) is 0 Å². The summed E-state index contributed by atoms with van der Waals surface area (Å²) in [5.74, 6) is -0.880. The number of hydrogen-bond acceptors (Lipinski definition) is 4. The predicted molar refractivity (Wildman–Crippen MR) is 134 cm³/mol. The summed E-state index contributed by atoms with van der Waals surface area (Å²) in [7, 11) is 0. The maximum Gasteiger partial charge on any atom is 0.304 e. The average molecular weight is 515 g/mol. The van der Waals surface area contributed by atoms with Crippen molar-refractivity contribution < 1.29 is 19.2 Å². The Morgan fingerprint density at radius 2 is 1.89 bits per heavy atom. The molecule has 1 aliphatic heterocycles. The van der Waals surface area contributed by atoms with Crippen molar-refractivity contribution in [2.75, 3.05) is 0 Å². The van der Waals surface area contributed by atoms with Crippen LogP contribution in [0.3, 0.4) is 0 Å². The number of aliphatic carboxylic acids is 1. The summed E-state index contributed by atoms with van der Waals surface area (Å²) in [4.78, 5) is 27.9. The molecule has 1 fully saturated rings. The molecule has 4 rings (SSSR count). The molecule has 1 amide bonds. The van der Waals surface area contributed by atoms with E-state index in [2.05, 4.69) is 5.16 Å². The van der Waals surface area contributed by atoms with Crippen LogP contribution in [-0.2, 0) is 9.59 Å². The van der Waals surface area contributed by atoms with Crippen molar-refractivity contribution in [2.45, 2.75) is 58.0 Å². The molecule has 3 aromatic rings. The molecule has 35 heavy (non-hydrogen) atoms. The first-order chi connectivity index (χ1) is 16.6. The van der Waals surface area contributed by atoms with Crippen LogP contribution in [0.5, 0.6) is 0 Å². The van der Waals surface area contributed by atoms with Crippen molar-refractivity contribution >= 4 is 35.1 Å². The van der Waals surface area contributed by atoms with Crippen molar-refractivity contribution in [3.8, 4) is 0 Å². The molecule has 1 aromatic heterocycles. The molecule has 1 N–H and O–H groups in total. The highest BCUT2D eigenvalue weighted by Gasteiger charge is 2.53. The Balaban J connectivity index is 1.95. The van der Waals surface area contributed by atoms with Gasteiger partial charge in [-0.15, -0.1) is 0 Å². The number of carbonyl (C=O) groups excluding carboxylic acids is 1. The maximum atomic E-state index is 14.2. The predicted octanol–water partition coefficient (Wildman–Crippen LogP) is 6.98. The number of aromatic nitrogens is 1. The highest BCUT2D eigenvalue weighted by molar-refractivity contribution is 6.30. The topological polar surface area (TPSA) is 83.6 Å². The Hall–Kier alpha value is -2.83. The van der Waals surface area contributed by atoms with Crippen LogP contribution in [0.4, 0.5) is 0 Å². The average Bonchev–Trinajstić information content (AvgIpc) is 3.23. The van der Waals surface area contributed by atoms with Crippen LogP contribution >= 0.6 is 23.2 Å². The lowest BCUT2D eigenvalue weighted by molar-refractivity contribution is -0.161. The van der Waals surface area contributed by atoms with Crippen molar-refractivity contribution in [2.24, 2.45) is 5.41 Å². The molecule has 0 spiro atoms. The second-order valence-corrected chi connectivity index (χ2v) is 10.4. The zero-order chi connectivity index (χ0) is 25.3. The fourth-order valence-electron chi connectivity index (χ4n) is 5.30. The number of carbonyl (C=O) groups is 2. The van der Waals surface area contributed by atoms with Gasteiger partial charge in [0.1, 0.15) is 0 Å². The van der Waals surface area contributed by atoms with Crippen LogP contribution in [0.25, 0.3) is 0 Å². The standard InChI is InChI=1S/C27H28Cl2N2O4/c1-4-22(23-12-16(2)30-35-23)31-25(17-8-10-19(28)11-9-17)21(18-6-5-7-20(29)13-18)14-27(3,26(31)34)15-24(32)33/h5-13,21-22,25H,4,14-15H2,1-3H3,(H,32,33). The minimum absolute atomic E-state index is 0.213. The first-order valence-corrected chi connectivity index (χ1v) is 12.4. The van der Waals surface area contributed by atoms with E-state index in [0.29, 0.717) is 34.3 Å². The van der Waals surface area contributed by atoms with Gasteiger partial charge in [0.2, 0.25) is 5.91 Å². The molecule has 0 aliphatic carbocycles. The van der Waals surface area contributed by atoms with E-state index in [-0.39, 0.29) is 18.2 Å². The van der Waals surface area contributed by atoms with Crippen LogP contribution in [0.1, 0.15) is 73.7 Å². The van der Waals surface area contributed by atoms with E-state index >= 15 is 0 Å². The highest BCUT2D eigenvalue weighted by Crippen LogP contribution is 2.54. The Morgan fingerprint density at radius 3 is 2.46 bits per heavy atom. The number of benzene rings is 2. The third kappa shape index (κ3) is 5.09. The zero-order valence-electron chi connectivity index (χ0n) is 19.9. The molecule has 1 saturated heterocycles. The van der Waals surface area contributed by atoms with E-state index in [0.717, 1.165) is 11.1 Å². The van der Waals surface area contributed by atoms with Gasteiger partial charge in [0.15, 0.2) is 5.76 Å². The lowest BCUT2D eigenvalue weighted by atomic mass is 9.67. The number of rotatable bonds is 7. The molecular weight excluding hydrogens is 487 g/mol. The number of nitrogens with zero attached hydrogens (tertiary/aromatic N) is 2. The summed E-state index contributed by atoms with van der Waals surface area (Å²) in [6, 6.07) is 16.0. The van der Waals surface area contributed by atoms with Crippen LogP contribution in [0, 0.1) is 12.3 Å². The number of piperidine rings is 1. The molecule has 0 bridgehead atoms. The number of halogens is 2. The molecule has 1 aliphatic rings. The second kappa shape index (κ2) is 10.0. The zero-order valence-corrected chi connectivity index (χ0v) is 21.4. The molecule has 0 radical (unpaired) electrons. The fourth-order valence-corrected chi connectivity index (χ4v) is 5.62. The Bertz CT molecular complexity index is 1230. The molecular formula is C27H28Cl2N2O4. The first kappa shape index (κ1) is 25.3. The van der Waals surface area contributed by atoms with Gasteiger partial charge in [0.25, 0.3) is 0 Å². The van der Waals surface area contributed by atoms with Gasteiger partial charge >= 0.3 is 5.97 Å². The minimum Gasteiger partial charge on any atom is -0.481 e. The Morgan fingerprint density at radius 1 is 1.17 bits per heavy atom. The van der Waals surface area contributed by atoms with E-state index < -0.39 is 23.5 Å². The molecule has 6 nitrogen and oxygen atoms in total. The summed E-state index contributed by atoms with van der Waals surface area (Å²) in [5, 5.41) is 15.0. The first-order valence-electron chi connectivity index (χ1n) is 11.6. The molecule has 0 saturated carbocycles. The number of aryl methyl sites for hydroxylation is 1. The third-order valence-corrected chi connectivity index (χ3v) is 7.32. The Labute approximate surface area is 214 Å². The highest BCUT2D eigenvalue weighted by atomic mass is 35.5. The van der Waals surface area contributed by atoms with E-state index in [1.54, 1.807) is 30.0 Å². The summed E-state index contributed by atoms with van der Waals surface area (Å²) in [5.41, 5.74) is 1.44. The van der Waals surface area contributed by atoms with Gasteiger partial charge in [-0.3, -0.25) is 9.59 Å². The molecule has 184 valence electrons. The summed E-state index contributed by atoms with van der Waals surface area (Å²) in [6.07, 6.45) is 0.641. The van der Waals surface area contributed by atoms with Crippen molar-refractivity contribution in [3.63, 3.8) is 0 Å². The summed E-state index contributed by atoms with van der Waals surface area (Å²) < 4.78 is 5.63. The molecule has 2 heterocycles. The SMILES string of the molecule is CCC(c1cc(C)no1)N1C(=O)C(C)(CC(=O)O)CC(c2cccc(Cl)c2)C1c1ccc(Cl)cc1. The lowest BCUT2D eigenvalue weighted by Crippen LogP contribution is -2.53. The van der Waals surface area contributed by atoms with Crippen molar-refractivity contribution in [3.05, 3.63) is 87.2 Å². The summed E-state index contributed by atoms with van der Waals surface area (Å²) in [6.45, 7) is 5.55. The molecule has 8 heteroatoms. The van der Waals surface area contributed by atoms with E-state index in [9.17, 15) is 14.7 Å². The number of carboxylic acid groups (broad SMARTS) is 1. The monoisotopic (exact) mass is 514 g/mol. The summed E-state index contributed by atoms with van der Waals surface area (Å²) >= 11 is 12.6. The van der Waals surface area contributed by atoms with Crippen LogP contribution in [-0.4, -0.2) is 27.0 Å². The Kier molecular flexibility index (Phi) is 7.25. The third-order valence-electron chi connectivity index (χ3n) is 6.83. The van der Waals surface area contributed by atoms with Crippen molar-refractivity contribution in [1.82, 2.24) is 10.1 Å². The number of carboxylic acids is 1. The largest absolute Gasteiger partial charge is 0.481 e. The molecule has 2 aromatic carbocycles. The van der Waals surface area contributed by atoms with Crippen LogP contribution in [0.2, 0.25) is 10.0 Å². The smallest absolute Gasteiger partial charge is 0.304 e. The quantitative estimate of drug-likeness (QED) is 0.367. The van der Waals surface area contributed by atoms with E-state index in [4.69, 9.17) is 27.7 Å². The van der Waals surface area contributed by atoms with Crippen LogP contribution < -0.4 is 0 Å². The normalized spacial score (nSPS) is 23.3. The fraction of sp³-hybridized carbons (Fsp3) is 0.370. The van der Waals surface area contributed by atoms with E-state index in [1.165, 1.54) is 0 Å². The number of hydrogen-bond donors (Lipinski definition) is 1. The molecule has 4 unspecified atom stereocenters. The van der Waals surface area contributed by atoms with E-state index in [1.807, 2.05) is 50.2 Å². The van der Waals surface area contributed by atoms with Gasteiger partial charge in [0, 0.05) is 22.0 Å². The number of amides is 1. The van der Waals surface area contributed by atoms with Gasteiger partial charge in [-0.1, -0.05) is 66.5 Å². The van der Waals surface area contributed by atoms with Crippen LogP contribution in [0.15, 0.2) is 59.1 Å². The van der Waals surface area contributed by atoms with Gasteiger partial charge < -0.3 is 14.5 Å². The number of likely N-dealkylation sites (tertiary alicyclic amines) is 1. The minimum atomic E-state index is -1.12.